The summed E-state index contributed by atoms with van der Waals surface area (Å²) in [4.78, 5) is 7.07. The zero-order valence-electron chi connectivity index (χ0n) is 15.6. The van der Waals surface area contributed by atoms with Crippen LogP contribution in [-0.2, 0) is 13.1 Å². The highest BCUT2D eigenvalue weighted by Gasteiger charge is 2.26. The van der Waals surface area contributed by atoms with Crippen LogP contribution in [0.15, 0.2) is 41.1 Å². The smallest absolute Gasteiger partial charge is 0.231 e. The number of benzene rings is 1. The molecule has 2 aromatic heterocycles. The molecule has 0 radical (unpaired) electrons. The highest BCUT2D eigenvalue weighted by Crippen LogP contribution is 2.28. The molecule has 3 heterocycles. The molecule has 4 rings (SSSR count). The Labute approximate surface area is 158 Å². The van der Waals surface area contributed by atoms with Crippen LogP contribution in [0.5, 0.6) is 0 Å². The SMILES string of the molecule is Cc1nn(CCO)cc1CN1CCCC(c2nc(-c3ccccc3)no2)C1. The summed E-state index contributed by atoms with van der Waals surface area (Å²) in [5.74, 6) is 1.65. The number of aliphatic hydroxyl groups excluding tert-OH is 1. The monoisotopic (exact) mass is 367 g/mol. The van der Waals surface area contributed by atoms with Crippen molar-refractivity contribution in [1.29, 1.82) is 0 Å². The van der Waals surface area contributed by atoms with Crippen molar-refractivity contribution in [2.75, 3.05) is 19.7 Å². The van der Waals surface area contributed by atoms with E-state index < -0.39 is 0 Å². The van der Waals surface area contributed by atoms with Gasteiger partial charge in [-0.2, -0.15) is 10.1 Å². The number of rotatable bonds is 6. The third-order valence-corrected chi connectivity index (χ3v) is 5.10. The molecule has 1 saturated heterocycles. The number of hydrogen-bond acceptors (Lipinski definition) is 6. The number of nitrogens with zero attached hydrogens (tertiary/aromatic N) is 5. The number of aromatic nitrogens is 4. The van der Waals surface area contributed by atoms with Crippen LogP contribution in [0.3, 0.4) is 0 Å². The van der Waals surface area contributed by atoms with E-state index in [2.05, 4.69) is 20.1 Å². The van der Waals surface area contributed by atoms with E-state index in [1.807, 2.05) is 48.1 Å². The van der Waals surface area contributed by atoms with Gasteiger partial charge >= 0.3 is 0 Å². The van der Waals surface area contributed by atoms with Crippen LogP contribution in [-0.4, -0.2) is 49.6 Å². The normalized spacial score (nSPS) is 18.1. The predicted octanol–water partition coefficient (Wildman–Crippen LogP) is 2.61. The van der Waals surface area contributed by atoms with Crippen molar-refractivity contribution in [1.82, 2.24) is 24.8 Å². The molecule has 3 aromatic rings. The van der Waals surface area contributed by atoms with Gasteiger partial charge in [0, 0.05) is 30.4 Å². The first kappa shape index (κ1) is 17.9. The molecule has 1 N–H and O–H groups in total. The van der Waals surface area contributed by atoms with Gasteiger partial charge in [-0.1, -0.05) is 35.5 Å². The maximum Gasteiger partial charge on any atom is 0.231 e. The van der Waals surface area contributed by atoms with Crippen LogP contribution in [0.4, 0.5) is 0 Å². The summed E-state index contributed by atoms with van der Waals surface area (Å²) in [6.45, 7) is 5.48. The van der Waals surface area contributed by atoms with Gasteiger partial charge in [-0.25, -0.2) is 0 Å². The van der Waals surface area contributed by atoms with Crippen LogP contribution >= 0.6 is 0 Å². The molecule has 1 atom stereocenters. The maximum absolute atomic E-state index is 9.09. The molecule has 27 heavy (non-hydrogen) atoms. The Hall–Kier alpha value is -2.51. The van der Waals surface area contributed by atoms with E-state index in [1.54, 1.807) is 0 Å². The van der Waals surface area contributed by atoms with E-state index in [4.69, 9.17) is 9.63 Å². The molecule has 0 aliphatic carbocycles. The van der Waals surface area contributed by atoms with E-state index in [0.29, 0.717) is 12.4 Å². The Morgan fingerprint density at radius 2 is 2.11 bits per heavy atom. The standard InChI is InChI=1S/C20H25N5O2/c1-15-18(14-25(22-15)10-11-26)13-24-9-5-8-17(12-24)20-21-19(23-27-20)16-6-3-2-4-7-16/h2-4,6-7,14,17,26H,5,8-13H2,1H3. The van der Waals surface area contributed by atoms with Gasteiger partial charge in [-0.15, -0.1) is 0 Å². The second-order valence-corrected chi connectivity index (χ2v) is 7.12. The van der Waals surface area contributed by atoms with Crippen LogP contribution in [0.2, 0.25) is 0 Å². The van der Waals surface area contributed by atoms with Crippen LogP contribution in [0.1, 0.15) is 35.9 Å². The van der Waals surface area contributed by atoms with E-state index >= 15 is 0 Å². The minimum absolute atomic E-state index is 0.104. The molecule has 0 bridgehead atoms. The minimum atomic E-state index is 0.104. The molecular formula is C20H25N5O2. The topological polar surface area (TPSA) is 80.2 Å². The predicted molar refractivity (Wildman–Crippen MR) is 101 cm³/mol. The van der Waals surface area contributed by atoms with Crippen LogP contribution in [0.25, 0.3) is 11.4 Å². The fourth-order valence-electron chi connectivity index (χ4n) is 3.68. The van der Waals surface area contributed by atoms with Gasteiger partial charge in [-0.3, -0.25) is 9.58 Å². The molecule has 1 fully saturated rings. The molecule has 1 unspecified atom stereocenters. The van der Waals surface area contributed by atoms with Gasteiger partial charge < -0.3 is 9.63 Å². The molecule has 0 saturated carbocycles. The zero-order chi connectivity index (χ0) is 18.6. The second-order valence-electron chi connectivity index (χ2n) is 7.12. The lowest BCUT2D eigenvalue weighted by atomic mass is 9.97. The summed E-state index contributed by atoms with van der Waals surface area (Å²) in [5, 5.41) is 17.7. The number of likely N-dealkylation sites (tertiary alicyclic amines) is 1. The lowest BCUT2D eigenvalue weighted by molar-refractivity contribution is 0.180. The lowest BCUT2D eigenvalue weighted by Crippen LogP contribution is -2.34. The van der Waals surface area contributed by atoms with Crippen molar-refractivity contribution in [2.45, 2.75) is 38.8 Å². The second kappa shape index (κ2) is 8.02. The quantitative estimate of drug-likeness (QED) is 0.721. The number of piperidine rings is 1. The number of aryl methyl sites for hydroxylation is 1. The molecular weight excluding hydrogens is 342 g/mol. The van der Waals surface area contributed by atoms with E-state index in [-0.39, 0.29) is 12.5 Å². The summed E-state index contributed by atoms with van der Waals surface area (Å²) in [6.07, 6.45) is 4.21. The van der Waals surface area contributed by atoms with Gasteiger partial charge in [0.15, 0.2) is 0 Å². The van der Waals surface area contributed by atoms with Crippen molar-refractivity contribution in [3.63, 3.8) is 0 Å². The summed E-state index contributed by atoms with van der Waals surface area (Å²) in [7, 11) is 0. The fraction of sp³-hybridized carbons (Fsp3) is 0.450. The molecule has 7 heteroatoms. The minimum Gasteiger partial charge on any atom is -0.394 e. The number of aliphatic hydroxyl groups is 1. The Morgan fingerprint density at radius 1 is 1.26 bits per heavy atom. The van der Waals surface area contributed by atoms with Gasteiger partial charge in [0.05, 0.1) is 24.8 Å². The van der Waals surface area contributed by atoms with Crippen molar-refractivity contribution in [3.8, 4) is 11.4 Å². The first-order valence-corrected chi connectivity index (χ1v) is 9.48. The van der Waals surface area contributed by atoms with E-state index in [9.17, 15) is 0 Å². The largest absolute Gasteiger partial charge is 0.394 e. The van der Waals surface area contributed by atoms with Crippen LogP contribution < -0.4 is 0 Å². The summed E-state index contributed by atoms with van der Waals surface area (Å²) in [6, 6.07) is 9.93. The first-order chi connectivity index (χ1) is 13.2. The third-order valence-electron chi connectivity index (χ3n) is 5.10. The molecule has 0 amide bonds. The molecule has 7 nitrogen and oxygen atoms in total. The average molecular weight is 367 g/mol. The van der Waals surface area contributed by atoms with Crippen molar-refractivity contribution >= 4 is 0 Å². The van der Waals surface area contributed by atoms with Gasteiger partial charge in [0.2, 0.25) is 11.7 Å². The first-order valence-electron chi connectivity index (χ1n) is 9.48. The molecule has 1 aliphatic heterocycles. The van der Waals surface area contributed by atoms with E-state index in [1.165, 1.54) is 5.56 Å². The lowest BCUT2D eigenvalue weighted by Gasteiger charge is -2.30. The van der Waals surface area contributed by atoms with Gasteiger partial charge in [-0.05, 0) is 26.3 Å². The fourth-order valence-corrected chi connectivity index (χ4v) is 3.68. The maximum atomic E-state index is 9.09. The molecule has 1 aromatic carbocycles. The highest BCUT2D eigenvalue weighted by molar-refractivity contribution is 5.53. The van der Waals surface area contributed by atoms with Crippen LogP contribution in [0, 0.1) is 6.92 Å². The molecule has 1 aliphatic rings. The average Bonchev–Trinajstić information content (AvgIpc) is 3.31. The Morgan fingerprint density at radius 3 is 2.93 bits per heavy atom. The molecule has 0 spiro atoms. The summed E-state index contributed by atoms with van der Waals surface area (Å²) >= 11 is 0. The Kier molecular flexibility index (Phi) is 5.31. The highest BCUT2D eigenvalue weighted by atomic mass is 16.5. The van der Waals surface area contributed by atoms with Gasteiger partial charge in [0.1, 0.15) is 0 Å². The Bertz CT molecular complexity index is 874. The zero-order valence-corrected chi connectivity index (χ0v) is 15.6. The molecule has 142 valence electrons. The summed E-state index contributed by atoms with van der Waals surface area (Å²) < 4.78 is 7.40. The van der Waals surface area contributed by atoms with Crippen molar-refractivity contribution in [3.05, 3.63) is 53.7 Å². The van der Waals surface area contributed by atoms with Gasteiger partial charge in [0.25, 0.3) is 0 Å². The Balaban J connectivity index is 1.43. The summed E-state index contributed by atoms with van der Waals surface area (Å²) in [5.41, 5.74) is 3.21. The van der Waals surface area contributed by atoms with Crippen molar-refractivity contribution in [2.24, 2.45) is 0 Å². The number of hydrogen-bond donors (Lipinski definition) is 1. The van der Waals surface area contributed by atoms with Crippen molar-refractivity contribution < 1.29 is 9.63 Å². The third kappa shape index (κ3) is 4.09. The van der Waals surface area contributed by atoms with E-state index in [0.717, 1.165) is 49.6 Å².